The Morgan fingerprint density at radius 1 is 1.18 bits per heavy atom. The minimum atomic E-state index is -1.33. The van der Waals surface area contributed by atoms with Crippen molar-refractivity contribution in [3.63, 3.8) is 0 Å². The molecule has 40 heavy (non-hydrogen) atoms. The summed E-state index contributed by atoms with van der Waals surface area (Å²) in [6.45, 7) is 4.12. The molecule has 6 N–H and O–H groups in total. The quantitative estimate of drug-likeness (QED) is 0.245. The largest absolute Gasteiger partial charge is 0.465 e. The molecule has 0 bridgehead atoms. The molecule has 2 aromatic heterocycles. The zero-order valence-electron chi connectivity index (χ0n) is 22.3. The molecular weight excluding hydrogens is 533 g/mol. The van der Waals surface area contributed by atoms with Crippen LogP contribution < -0.4 is 16.8 Å². The number of benzene rings is 2. The summed E-state index contributed by atoms with van der Waals surface area (Å²) in [7, 11) is 0. The Balaban J connectivity index is 0.000000867. The second kappa shape index (κ2) is 12.8. The van der Waals surface area contributed by atoms with Crippen molar-refractivity contribution in [2.75, 3.05) is 31.2 Å². The number of hydrogen-bond donors (Lipinski definition) is 4. The highest BCUT2D eigenvalue weighted by Gasteiger charge is 2.24. The third-order valence-electron chi connectivity index (χ3n) is 6.83. The van der Waals surface area contributed by atoms with E-state index in [4.69, 9.17) is 15.6 Å². The van der Waals surface area contributed by atoms with Gasteiger partial charge in [-0.1, -0.05) is 6.07 Å². The van der Waals surface area contributed by atoms with Gasteiger partial charge in [-0.2, -0.15) is 0 Å². The van der Waals surface area contributed by atoms with Gasteiger partial charge in [-0.15, -0.1) is 11.8 Å². The number of nitrogens with two attached hydrogens (primary N) is 2. The summed E-state index contributed by atoms with van der Waals surface area (Å²) in [5.41, 5.74) is 14.4. The van der Waals surface area contributed by atoms with E-state index in [2.05, 4.69) is 21.0 Å². The van der Waals surface area contributed by atoms with E-state index in [1.165, 1.54) is 17.8 Å². The Labute approximate surface area is 235 Å². The minimum Gasteiger partial charge on any atom is -0.465 e. The third-order valence-corrected chi connectivity index (χ3v) is 7.60. The first-order valence-corrected chi connectivity index (χ1v) is 14.0. The average Bonchev–Trinajstić information content (AvgIpc) is 3.38. The van der Waals surface area contributed by atoms with Gasteiger partial charge < -0.3 is 26.8 Å². The minimum absolute atomic E-state index is 0.0624. The van der Waals surface area contributed by atoms with Crippen LogP contribution in [0.5, 0.6) is 0 Å². The molecule has 5 rings (SSSR count). The molecule has 3 heterocycles. The standard InChI is InChI=1S/C27H29FN6OS.CH3NO2/c1-17-13-20(4-5-21(17)27(35)33-10-7-18(15-29)8-11-33)32-25-26-31-16-23(34(26)12-9-30-25)19-3-6-24(36-2)22(28)14-19;2-1(3)4/h3-6,9,12-14,16,18H,7-8,10-11,15,29H2,1-2H3,(H,30,32);2H2,(H,3,4). The zero-order chi connectivity index (χ0) is 28.8. The number of fused-ring (bicyclic) bond motifs is 1. The maximum atomic E-state index is 14.4. The topological polar surface area (TPSA) is 152 Å². The fraction of sp³-hybridized carbons (Fsp3) is 0.286. The summed E-state index contributed by atoms with van der Waals surface area (Å²) in [5, 5.41) is 10.5. The number of imidazole rings is 1. The number of thioether (sulfide) groups is 1. The van der Waals surface area contributed by atoms with Crippen molar-refractivity contribution in [1.29, 1.82) is 0 Å². The highest BCUT2D eigenvalue weighted by atomic mass is 32.2. The number of carboxylic acid groups (broad SMARTS) is 1. The van der Waals surface area contributed by atoms with E-state index in [1.54, 1.807) is 18.5 Å². The van der Waals surface area contributed by atoms with Crippen LogP contribution in [0.15, 0.2) is 59.9 Å². The Kier molecular flexibility index (Phi) is 9.22. The first-order chi connectivity index (χ1) is 19.2. The van der Waals surface area contributed by atoms with Crippen molar-refractivity contribution in [1.82, 2.24) is 19.3 Å². The molecule has 1 aliphatic rings. The number of anilines is 2. The van der Waals surface area contributed by atoms with Crippen molar-refractivity contribution >= 4 is 40.9 Å². The van der Waals surface area contributed by atoms with E-state index >= 15 is 0 Å². The SMILES string of the molecule is CSc1ccc(-c2cnc3c(Nc4ccc(C(=O)N5CCC(CN)CC5)c(C)c4)nccn23)cc1F.NC(=O)O. The maximum absolute atomic E-state index is 14.4. The highest BCUT2D eigenvalue weighted by Crippen LogP contribution is 2.29. The Bertz CT molecular complexity index is 1520. The van der Waals surface area contributed by atoms with Crippen molar-refractivity contribution in [2.45, 2.75) is 24.7 Å². The molecule has 2 aromatic carbocycles. The lowest BCUT2D eigenvalue weighted by Crippen LogP contribution is -2.40. The number of carbonyl (C=O) groups is 2. The Hall–Kier alpha value is -4.16. The smallest absolute Gasteiger partial charge is 0.402 e. The zero-order valence-corrected chi connectivity index (χ0v) is 23.1. The van der Waals surface area contributed by atoms with Gasteiger partial charge in [0, 0.05) is 47.2 Å². The molecule has 0 aliphatic carbocycles. The number of halogens is 1. The third kappa shape index (κ3) is 6.52. The van der Waals surface area contributed by atoms with Crippen molar-refractivity contribution in [2.24, 2.45) is 17.4 Å². The number of hydrogen-bond acceptors (Lipinski definition) is 7. The molecule has 210 valence electrons. The van der Waals surface area contributed by atoms with Crippen molar-refractivity contribution in [3.05, 3.63) is 71.9 Å². The molecule has 1 aliphatic heterocycles. The number of amides is 2. The summed E-state index contributed by atoms with van der Waals surface area (Å²) in [6.07, 6.45) is 7.64. The molecule has 1 fully saturated rings. The molecule has 0 atom stereocenters. The van der Waals surface area contributed by atoms with Gasteiger partial charge in [-0.25, -0.2) is 19.2 Å². The molecule has 0 saturated carbocycles. The predicted molar refractivity (Wildman–Crippen MR) is 155 cm³/mol. The van der Waals surface area contributed by atoms with Crippen LogP contribution in [0.4, 0.5) is 20.7 Å². The van der Waals surface area contributed by atoms with Gasteiger partial charge in [0.1, 0.15) is 5.82 Å². The summed E-state index contributed by atoms with van der Waals surface area (Å²) in [5.74, 6) is 0.893. The lowest BCUT2D eigenvalue weighted by Gasteiger charge is -2.31. The second-order valence-electron chi connectivity index (χ2n) is 9.43. The lowest BCUT2D eigenvalue weighted by molar-refractivity contribution is 0.0692. The van der Waals surface area contributed by atoms with E-state index in [1.807, 2.05) is 52.9 Å². The number of carbonyl (C=O) groups excluding carboxylic acids is 1. The van der Waals surface area contributed by atoms with Crippen LogP contribution in [-0.2, 0) is 0 Å². The number of nitrogens with one attached hydrogen (secondary N) is 1. The fourth-order valence-corrected chi connectivity index (χ4v) is 5.16. The van der Waals surface area contributed by atoms with Crippen LogP contribution in [0.3, 0.4) is 0 Å². The lowest BCUT2D eigenvalue weighted by atomic mass is 9.96. The van der Waals surface area contributed by atoms with E-state index in [-0.39, 0.29) is 11.7 Å². The van der Waals surface area contributed by atoms with Gasteiger partial charge in [0.15, 0.2) is 11.5 Å². The number of nitrogens with zero attached hydrogens (tertiary/aromatic N) is 4. The van der Waals surface area contributed by atoms with E-state index < -0.39 is 6.09 Å². The molecule has 0 unspecified atom stereocenters. The molecule has 4 aromatic rings. The van der Waals surface area contributed by atoms with Gasteiger partial charge >= 0.3 is 6.09 Å². The van der Waals surface area contributed by atoms with E-state index in [0.717, 1.165) is 48.4 Å². The van der Waals surface area contributed by atoms with Crippen LogP contribution >= 0.6 is 11.8 Å². The normalized spacial score (nSPS) is 13.6. The Morgan fingerprint density at radius 3 is 2.52 bits per heavy atom. The van der Waals surface area contributed by atoms with Crippen molar-refractivity contribution in [3.8, 4) is 11.3 Å². The number of aromatic nitrogens is 3. The predicted octanol–water partition coefficient (Wildman–Crippen LogP) is 4.74. The number of primary amides is 1. The molecule has 1 saturated heterocycles. The van der Waals surface area contributed by atoms with E-state index in [0.29, 0.717) is 34.4 Å². The molecule has 10 nitrogen and oxygen atoms in total. The molecule has 0 radical (unpaired) electrons. The van der Waals surface area contributed by atoms with Crippen LogP contribution in [0.25, 0.3) is 16.9 Å². The van der Waals surface area contributed by atoms with Gasteiger partial charge in [-0.05, 0) is 74.4 Å². The summed E-state index contributed by atoms with van der Waals surface area (Å²) in [6, 6.07) is 10.9. The van der Waals surface area contributed by atoms with Gasteiger partial charge in [0.25, 0.3) is 5.91 Å². The number of likely N-dealkylation sites (tertiary alicyclic amines) is 1. The molecule has 0 spiro atoms. The maximum Gasteiger partial charge on any atom is 0.402 e. The second-order valence-corrected chi connectivity index (χ2v) is 10.3. The molecule has 12 heteroatoms. The van der Waals surface area contributed by atoms with Gasteiger partial charge in [0.05, 0.1) is 11.9 Å². The Morgan fingerprint density at radius 2 is 1.90 bits per heavy atom. The van der Waals surface area contributed by atoms with Crippen molar-refractivity contribution < 1.29 is 19.1 Å². The van der Waals surface area contributed by atoms with Gasteiger partial charge in [0.2, 0.25) is 0 Å². The van der Waals surface area contributed by atoms with Gasteiger partial charge in [-0.3, -0.25) is 9.20 Å². The number of piperidine rings is 1. The van der Waals surface area contributed by atoms with E-state index in [9.17, 15) is 9.18 Å². The monoisotopic (exact) mass is 565 g/mol. The summed E-state index contributed by atoms with van der Waals surface area (Å²) in [4.78, 5) is 33.4. The van der Waals surface area contributed by atoms with Crippen LogP contribution in [0.1, 0.15) is 28.8 Å². The summed E-state index contributed by atoms with van der Waals surface area (Å²) < 4.78 is 16.3. The van der Waals surface area contributed by atoms with Crippen LogP contribution in [0.2, 0.25) is 0 Å². The molecular formula is C28H32FN7O3S. The summed E-state index contributed by atoms with van der Waals surface area (Å²) >= 11 is 1.38. The highest BCUT2D eigenvalue weighted by molar-refractivity contribution is 7.98. The first kappa shape index (κ1) is 28.8. The number of rotatable bonds is 6. The van der Waals surface area contributed by atoms with Crippen LogP contribution in [0, 0.1) is 18.7 Å². The molecule has 2 amide bonds. The average molecular weight is 566 g/mol. The first-order valence-electron chi connectivity index (χ1n) is 12.7. The fourth-order valence-electron chi connectivity index (χ4n) is 4.71. The number of aryl methyl sites for hydroxylation is 1. The van der Waals surface area contributed by atoms with Crippen LogP contribution in [-0.4, -0.2) is 62.3 Å².